The molecular weight excluding hydrogens is 166 g/mol. The van der Waals surface area contributed by atoms with E-state index in [0.29, 0.717) is 0 Å². The van der Waals surface area contributed by atoms with E-state index in [4.69, 9.17) is 4.52 Å². The third-order valence-electron chi connectivity index (χ3n) is 1.57. The quantitative estimate of drug-likeness (QED) is 0.613. The van der Waals surface area contributed by atoms with Crippen molar-refractivity contribution >= 4 is 7.68 Å². The number of hydrogen-bond acceptors (Lipinski definition) is 2. The topological polar surface area (TPSA) is 26.3 Å². The summed E-state index contributed by atoms with van der Waals surface area (Å²) in [5, 5.41) is 0. The lowest BCUT2D eigenvalue weighted by molar-refractivity contribution is 0.0989. The molecule has 2 atom stereocenters. The molecule has 0 rings (SSSR count). The Morgan fingerprint density at radius 3 is 1.91 bits per heavy atom. The summed E-state index contributed by atoms with van der Waals surface area (Å²) in [6.45, 7) is 8.43. The Hall–Kier alpha value is 0.120. The van der Waals surface area contributed by atoms with E-state index in [1.165, 1.54) is 0 Å². The average Bonchev–Trinajstić information content (AvgIpc) is 1.56. The second kappa shape index (κ2) is 3.24. The summed E-state index contributed by atoms with van der Waals surface area (Å²) in [4.78, 5) is 0. The molecule has 0 amide bonds. The molecular formula is C7H16FO2P. The largest absolute Gasteiger partial charge is 0.364 e. The molecule has 0 unspecified atom stereocenters. The lowest BCUT2D eigenvalue weighted by Crippen LogP contribution is -2.24. The van der Waals surface area contributed by atoms with Gasteiger partial charge in [-0.25, -0.2) is 0 Å². The van der Waals surface area contributed by atoms with Crippen LogP contribution in [0.4, 0.5) is 4.20 Å². The van der Waals surface area contributed by atoms with E-state index in [9.17, 15) is 8.76 Å². The van der Waals surface area contributed by atoms with Gasteiger partial charge in [-0.15, -0.1) is 0 Å². The highest BCUT2D eigenvalue weighted by atomic mass is 31.2. The third kappa shape index (κ3) is 5.40. The van der Waals surface area contributed by atoms with Crippen LogP contribution in [0.15, 0.2) is 0 Å². The molecule has 0 aliphatic rings. The molecule has 0 aromatic carbocycles. The summed E-state index contributed by atoms with van der Waals surface area (Å²) in [5.41, 5.74) is -0.169. The van der Waals surface area contributed by atoms with Crippen molar-refractivity contribution in [2.75, 3.05) is 6.66 Å². The zero-order valence-electron chi connectivity index (χ0n) is 7.72. The standard InChI is InChI=1S/C7H16FO2P/c1-6(7(2,3)4)10-11(5,8)9/h6H,1-5H3/t6-,11-/m0/s1. The van der Waals surface area contributed by atoms with Crippen LogP contribution in [0.2, 0.25) is 0 Å². The summed E-state index contributed by atoms with van der Waals surface area (Å²) in [6, 6.07) is 0. The molecule has 0 N–H and O–H groups in total. The van der Waals surface area contributed by atoms with Crippen molar-refractivity contribution in [1.29, 1.82) is 0 Å². The maximum Gasteiger partial charge on any atom is 0.364 e. The van der Waals surface area contributed by atoms with Gasteiger partial charge in [-0.05, 0) is 12.3 Å². The summed E-state index contributed by atoms with van der Waals surface area (Å²) in [5.74, 6) is 0. The molecule has 0 radical (unpaired) electrons. The van der Waals surface area contributed by atoms with Gasteiger partial charge in [0.2, 0.25) is 0 Å². The zero-order chi connectivity index (χ0) is 9.28. The van der Waals surface area contributed by atoms with E-state index in [1.54, 1.807) is 6.92 Å². The van der Waals surface area contributed by atoms with E-state index < -0.39 is 7.68 Å². The van der Waals surface area contributed by atoms with Crippen molar-refractivity contribution in [3.8, 4) is 0 Å². The van der Waals surface area contributed by atoms with Crippen LogP contribution in [0.1, 0.15) is 27.7 Å². The normalized spacial score (nSPS) is 20.9. The van der Waals surface area contributed by atoms with Gasteiger partial charge in [0.15, 0.2) is 0 Å². The van der Waals surface area contributed by atoms with Gasteiger partial charge in [0.1, 0.15) is 0 Å². The first-order chi connectivity index (χ1) is 4.63. The summed E-state index contributed by atoms with van der Waals surface area (Å²) in [7, 11) is -3.82. The predicted molar refractivity (Wildman–Crippen MR) is 44.6 cm³/mol. The zero-order valence-corrected chi connectivity index (χ0v) is 8.61. The molecule has 11 heavy (non-hydrogen) atoms. The Kier molecular flexibility index (Phi) is 3.27. The van der Waals surface area contributed by atoms with Gasteiger partial charge in [0.05, 0.1) is 6.10 Å². The minimum atomic E-state index is -3.82. The van der Waals surface area contributed by atoms with Crippen molar-refractivity contribution in [2.24, 2.45) is 5.41 Å². The smallest absolute Gasteiger partial charge is 0.302 e. The van der Waals surface area contributed by atoms with Crippen LogP contribution in [0.5, 0.6) is 0 Å². The van der Waals surface area contributed by atoms with Gasteiger partial charge in [-0.1, -0.05) is 20.8 Å². The lowest BCUT2D eigenvalue weighted by Gasteiger charge is -2.27. The van der Waals surface area contributed by atoms with Crippen LogP contribution in [-0.2, 0) is 9.09 Å². The fourth-order valence-corrected chi connectivity index (χ4v) is 1.32. The van der Waals surface area contributed by atoms with Crippen molar-refractivity contribution in [3.05, 3.63) is 0 Å². The minimum Gasteiger partial charge on any atom is -0.302 e. The molecule has 0 aromatic rings. The van der Waals surface area contributed by atoms with Gasteiger partial charge < -0.3 is 4.52 Å². The molecule has 2 nitrogen and oxygen atoms in total. The second-order valence-electron chi connectivity index (χ2n) is 3.86. The van der Waals surface area contributed by atoms with E-state index in [1.807, 2.05) is 20.8 Å². The van der Waals surface area contributed by atoms with Crippen molar-refractivity contribution in [1.82, 2.24) is 0 Å². The average molecular weight is 182 g/mol. The van der Waals surface area contributed by atoms with E-state index in [-0.39, 0.29) is 11.5 Å². The molecule has 68 valence electrons. The Morgan fingerprint density at radius 1 is 1.45 bits per heavy atom. The van der Waals surface area contributed by atoms with Crippen LogP contribution < -0.4 is 0 Å². The Morgan fingerprint density at radius 2 is 1.82 bits per heavy atom. The van der Waals surface area contributed by atoms with Gasteiger partial charge in [-0.3, -0.25) is 4.57 Å². The fourth-order valence-electron chi connectivity index (χ4n) is 0.441. The summed E-state index contributed by atoms with van der Waals surface area (Å²) < 4.78 is 27.8. The monoisotopic (exact) mass is 182 g/mol. The van der Waals surface area contributed by atoms with Crippen molar-refractivity contribution in [3.63, 3.8) is 0 Å². The van der Waals surface area contributed by atoms with E-state index in [0.717, 1.165) is 6.66 Å². The molecule has 0 aliphatic carbocycles. The molecule has 0 fully saturated rings. The van der Waals surface area contributed by atoms with Crippen LogP contribution >= 0.6 is 7.68 Å². The maximum absolute atomic E-state index is 12.5. The van der Waals surface area contributed by atoms with Gasteiger partial charge in [0, 0.05) is 6.66 Å². The van der Waals surface area contributed by atoms with Crippen LogP contribution in [0, 0.1) is 5.41 Å². The third-order valence-corrected chi connectivity index (χ3v) is 2.26. The van der Waals surface area contributed by atoms with E-state index in [2.05, 4.69) is 0 Å². The van der Waals surface area contributed by atoms with Crippen LogP contribution in [-0.4, -0.2) is 12.8 Å². The second-order valence-corrected chi connectivity index (χ2v) is 5.56. The number of hydrogen-bond donors (Lipinski definition) is 0. The molecule has 0 saturated heterocycles. The fraction of sp³-hybridized carbons (Fsp3) is 1.00. The highest BCUT2D eigenvalue weighted by molar-refractivity contribution is 7.52. The maximum atomic E-state index is 12.5. The van der Waals surface area contributed by atoms with Crippen LogP contribution in [0.3, 0.4) is 0 Å². The van der Waals surface area contributed by atoms with Gasteiger partial charge >= 0.3 is 7.68 Å². The lowest BCUT2D eigenvalue weighted by atomic mass is 9.91. The molecule has 0 bridgehead atoms. The molecule has 0 spiro atoms. The highest BCUT2D eigenvalue weighted by Crippen LogP contribution is 2.47. The summed E-state index contributed by atoms with van der Waals surface area (Å²) >= 11 is 0. The Balaban J connectivity index is 4.10. The number of halogens is 1. The molecule has 0 heterocycles. The van der Waals surface area contributed by atoms with Gasteiger partial charge in [0.25, 0.3) is 0 Å². The molecule has 0 saturated carbocycles. The molecule has 0 aliphatic heterocycles. The van der Waals surface area contributed by atoms with E-state index >= 15 is 0 Å². The van der Waals surface area contributed by atoms with Crippen molar-refractivity contribution in [2.45, 2.75) is 33.8 Å². The SMILES string of the molecule is C[C@H](O[P@](C)(=O)F)C(C)(C)C. The first kappa shape index (κ1) is 11.1. The summed E-state index contributed by atoms with van der Waals surface area (Å²) in [6.07, 6.45) is -0.330. The number of rotatable bonds is 2. The molecule has 4 heteroatoms. The Bertz CT molecular complexity index is 168. The van der Waals surface area contributed by atoms with Crippen molar-refractivity contribution < 1.29 is 13.3 Å². The first-order valence-corrected chi connectivity index (χ1v) is 5.55. The predicted octanol–water partition coefficient (Wildman–Crippen LogP) is 3.23. The first-order valence-electron chi connectivity index (χ1n) is 3.58. The van der Waals surface area contributed by atoms with Gasteiger partial charge in [-0.2, -0.15) is 4.20 Å². The highest BCUT2D eigenvalue weighted by Gasteiger charge is 2.27. The van der Waals surface area contributed by atoms with Crippen LogP contribution in [0.25, 0.3) is 0 Å². The Labute approximate surface area is 67.7 Å². The minimum absolute atomic E-state index is 0.169. The molecule has 0 aromatic heterocycles.